The van der Waals surface area contributed by atoms with Crippen molar-refractivity contribution in [2.24, 2.45) is 5.92 Å². The molecule has 9 heteroatoms. The third-order valence-electron chi connectivity index (χ3n) is 5.35. The van der Waals surface area contributed by atoms with E-state index in [9.17, 15) is 9.59 Å². The fourth-order valence-electron chi connectivity index (χ4n) is 3.92. The van der Waals surface area contributed by atoms with Crippen molar-refractivity contribution in [1.82, 2.24) is 35.3 Å². The standard InChI is InChI=1S/C16H27N7O2/c1-12-18-19-20-23(12)9-6-15(24)21-8-5-14-13(11-21)3-4-16(25)22(14)10-7-17-2/h13-14,17H,3-11H2,1-2H3. The van der Waals surface area contributed by atoms with Crippen LogP contribution in [0.25, 0.3) is 0 Å². The number of nitrogens with zero attached hydrogens (tertiary/aromatic N) is 6. The highest BCUT2D eigenvalue weighted by Crippen LogP contribution is 2.31. The van der Waals surface area contributed by atoms with Gasteiger partial charge in [-0.2, -0.15) is 0 Å². The summed E-state index contributed by atoms with van der Waals surface area (Å²) >= 11 is 0. The first-order valence-electron chi connectivity index (χ1n) is 9.04. The van der Waals surface area contributed by atoms with E-state index in [0.29, 0.717) is 25.3 Å². The van der Waals surface area contributed by atoms with E-state index in [0.717, 1.165) is 44.8 Å². The van der Waals surface area contributed by atoms with Gasteiger partial charge in [0.05, 0.1) is 6.54 Å². The zero-order chi connectivity index (χ0) is 17.8. The van der Waals surface area contributed by atoms with Crippen molar-refractivity contribution in [2.75, 3.05) is 33.2 Å². The number of piperidine rings is 2. The summed E-state index contributed by atoms with van der Waals surface area (Å²) in [5.41, 5.74) is 0. The van der Waals surface area contributed by atoms with Gasteiger partial charge in [-0.05, 0) is 43.2 Å². The lowest BCUT2D eigenvalue weighted by atomic mass is 9.83. The highest BCUT2D eigenvalue weighted by Gasteiger charge is 2.39. The van der Waals surface area contributed by atoms with Crippen molar-refractivity contribution in [3.63, 3.8) is 0 Å². The number of nitrogens with one attached hydrogen (secondary N) is 1. The molecule has 2 amide bonds. The highest BCUT2D eigenvalue weighted by atomic mass is 16.2. The Labute approximate surface area is 147 Å². The molecule has 1 aromatic rings. The Kier molecular flexibility index (Phi) is 5.62. The minimum Gasteiger partial charge on any atom is -0.342 e. The number of carbonyl (C=O) groups excluding carboxylic acids is 2. The molecule has 1 aromatic heterocycles. The maximum atomic E-state index is 12.6. The van der Waals surface area contributed by atoms with E-state index >= 15 is 0 Å². The van der Waals surface area contributed by atoms with Gasteiger partial charge in [0.1, 0.15) is 5.82 Å². The van der Waals surface area contributed by atoms with Crippen LogP contribution in [0.1, 0.15) is 31.5 Å². The summed E-state index contributed by atoms with van der Waals surface area (Å²) < 4.78 is 1.66. The molecule has 0 aromatic carbocycles. The molecule has 9 nitrogen and oxygen atoms in total. The first-order chi connectivity index (χ1) is 12.1. The molecule has 138 valence electrons. The van der Waals surface area contributed by atoms with Crippen LogP contribution in [-0.4, -0.2) is 81.1 Å². The smallest absolute Gasteiger partial charge is 0.224 e. The van der Waals surface area contributed by atoms with E-state index in [1.54, 1.807) is 4.68 Å². The molecule has 1 N–H and O–H groups in total. The number of aryl methyl sites for hydroxylation is 2. The minimum absolute atomic E-state index is 0.145. The molecular formula is C16H27N7O2. The first-order valence-corrected chi connectivity index (χ1v) is 9.04. The van der Waals surface area contributed by atoms with Crippen LogP contribution in [0, 0.1) is 12.8 Å². The SMILES string of the molecule is CNCCN1C(=O)CCC2CN(C(=O)CCn3nnnc3C)CCC21. The van der Waals surface area contributed by atoms with Crippen LogP contribution in [-0.2, 0) is 16.1 Å². The summed E-state index contributed by atoms with van der Waals surface area (Å²) in [6.07, 6.45) is 2.76. The average Bonchev–Trinajstić information content (AvgIpc) is 3.03. The Morgan fingerprint density at radius 2 is 2.16 bits per heavy atom. The van der Waals surface area contributed by atoms with Crippen molar-refractivity contribution in [2.45, 2.75) is 45.2 Å². The number of amides is 2. The molecule has 2 saturated heterocycles. The summed E-state index contributed by atoms with van der Waals surface area (Å²) in [6.45, 7) is 5.37. The lowest BCUT2D eigenvalue weighted by molar-refractivity contribution is -0.144. The lowest BCUT2D eigenvalue weighted by Gasteiger charge is -2.47. The molecule has 0 aliphatic carbocycles. The molecule has 0 bridgehead atoms. The van der Waals surface area contributed by atoms with Gasteiger partial charge in [0.2, 0.25) is 11.8 Å². The van der Waals surface area contributed by atoms with Crippen molar-refractivity contribution in [3.8, 4) is 0 Å². The number of fused-ring (bicyclic) bond motifs is 1. The number of likely N-dealkylation sites (tertiary alicyclic amines) is 2. The maximum absolute atomic E-state index is 12.6. The van der Waals surface area contributed by atoms with E-state index in [2.05, 4.69) is 20.8 Å². The summed E-state index contributed by atoms with van der Waals surface area (Å²) in [4.78, 5) is 28.8. The first kappa shape index (κ1) is 17.8. The predicted octanol–water partition coefficient (Wildman–Crippen LogP) is -0.569. The molecule has 2 atom stereocenters. The Morgan fingerprint density at radius 1 is 1.32 bits per heavy atom. The van der Waals surface area contributed by atoms with Crippen LogP contribution in [0.15, 0.2) is 0 Å². The van der Waals surface area contributed by atoms with Crippen molar-refractivity contribution < 1.29 is 9.59 Å². The van der Waals surface area contributed by atoms with Gasteiger partial charge in [-0.15, -0.1) is 5.10 Å². The molecule has 2 aliphatic heterocycles. The van der Waals surface area contributed by atoms with Gasteiger partial charge in [-0.3, -0.25) is 9.59 Å². The summed E-state index contributed by atoms with van der Waals surface area (Å²) in [7, 11) is 1.90. The zero-order valence-corrected chi connectivity index (χ0v) is 15.0. The van der Waals surface area contributed by atoms with E-state index in [1.807, 2.05) is 23.8 Å². The molecule has 0 saturated carbocycles. The zero-order valence-electron chi connectivity index (χ0n) is 15.0. The Balaban J connectivity index is 1.54. The van der Waals surface area contributed by atoms with E-state index in [1.165, 1.54) is 0 Å². The van der Waals surface area contributed by atoms with Crippen LogP contribution in [0.2, 0.25) is 0 Å². The predicted molar refractivity (Wildman–Crippen MR) is 90.5 cm³/mol. The number of hydrogen-bond donors (Lipinski definition) is 1. The second kappa shape index (κ2) is 7.90. The molecule has 2 unspecified atom stereocenters. The normalized spacial score (nSPS) is 23.7. The molecular weight excluding hydrogens is 322 g/mol. The largest absolute Gasteiger partial charge is 0.342 e. The van der Waals surface area contributed by atoms with Crippen molar-refractivity contribution in [3.05, 3.63) is 5.82 Å². The van der Waals surface area contributed by atoms with Crippen LogP contribution in [0.4, 0.5) is 0 Å². The number of rotatable bonds is 6. The summed E-state index contributed by atoms with van der Waals surface area (Å²) in [5.74, 6) is 1.51. The van der Waals surface area contributed by atoms with Gasteiger partial charge in [0, 0.05) is 45.1 Å². The fourth-order valence-corrected chi connectivity index (χ4v) is 3.92. The molecule has 0 spiro atoms. The number of aromatic nitrogens is 4. The lowest BCUT2D eigenvalue weighted by Crippen LogP contribution is -2.57. The van der Waals surface area contributed by atoms with Gasteiger partial charge in [0.25, 0.3) is 0 Å². The van der Waals surface area contributed by atoms with Crippen LogP contribution >= 0.6 is 0 Å². The summed E-state index contributed by atoms with van der Waals surface area (Å²) in [6, 6.07) is 0.278. The van der Waals surface area contributed by atoms with Gasteiger partial charge in [-0.1, -0.05) is 0 Å². The molecule has 25 heavy (non-hydrogen) atoms. The van der Waals surface area contributed by atoms with Crippen LogP contribution in [0.5, 0.6) is 0 Å². The number of hydrogen-bond acceptors (Lipinski definition) is 6. The molecule has 3 rings (SSSR count). The van der Waals surface area contributed by atoms with Crippen molar-refractivity contribution in [1.29, 1.82) is 0 Å². The second-order valence-corrected chi connectivity index (χ2v) is 6.88. The van der Waals surface area contributed by atoms with E-state index in [4.69, 9.17) is 0 Å². The second-order valence-electron chi connectivity index (χ2n) is 6.88. The van der Waals surface area contributed by atoms with E-state index in [-0.39, 0.29) is 17.9 Å². The number of likely N-dealkylation sites (N-methyl/N-ethyl adjacent to an activating group) is 1. The van der Waals surface area contributed by atoms with E-state index < -0.39 is 0 Å². The number of tetrazole rings is 1. The Bertz CT molecular complexity index is 617. The van der Waals surface area contributed by atoms with Gasteiger partial charge < -0.3 is 15.1 Å². The highest BCUT2D eigenvalue weighted by molar-refractivity contribution is 5.78. The average molecular weight is 349 g/mol. The van der Waals surface area contributed by atoms with Crippen LogP contribution in [0.3, 0.4) is 0 Å². The third-order valence-corrected chi connectivity index (χ3v) is 5.35. The van der Waals surface area contributed by atoms with Gasteiger partial charge in [0.15, 0.2) is 0 Å². The van der Waals surface area contributed by atoms with Gasteiger partial charge >= 0.3 is 0 Å². The molecule has 2 aliphatic rings. The maximum Gasteiger partial charge on any atom is 0.224 e. The van der Waals surface area contributed by atoms with Crippen LogP contribution < -0.4 is 5.32 Å². The summed E-state index contributed by atoms with van der Waals surface area (Å²) in [5, 5.41) is 14.4. The third kappa shape index (κ3) is 3.97. The Hall–Kier alpha value is -2.03. The van der Waals surface area contributed by atoms with Crippen molar-refractivity contribution >= 4 is 11.8 Å². The quantitative estimate of drug-likeness (QED) is 0.739. The monoisotopic (exact) mass is 349 g/mol. The van der Waals surface area contributed by atoms with Gasteiger partial charge in [-0.25, -0.2) is 4.68 Å². The number of carbonyl (C=O) groups is 2. The molecule has 2 fully saturated rings. The topological polar surface area (TPSA) is 96.2 Å². The minimum atomic E-state index is 0.145. The fraction of sp³-hybridized carbons (Fsp3) is 0.812. The molecule has 0 radical (unpaired) electrons. The molecule has 3 heterocycles. The Morgan fingerprint density at radius 3 is 2.88 bits per heavy atom.